The maximum Gasteiger partial charge on any atom is 0.243 e. The molecule has 1 aromatic rings. The summed E-state index contributed by atoms with van der Waals surface area (Å²) in [6.45, 7) is 9.92. The number of carbonyl (C=O) groups excluding carboxylic acids is 1. The van der Waals surface area contributed by atoms with E-state index in [0.717, 1.165) is 32.6 Å². The molecule has 1 rings (SSSR count). The number of hydrogen-bond donors (Lipinski definition) is 2. The molecule has 0 radical (unpaired) electrons. The van der Waals surface area contributed by atoms with Crippen molar-refractivity contribution >= 4 is 17.6 Å². The fraction of sp³-hybridized carbons (Fsp3) is 0.579. The second-order valence-electron chi connectivity index (χ2n) is 6.23. The molecule has 140 valence electrons. The summed E-state index contributed by atoms with van der Waals surface area (Å²) in [7, 11) is 3.48. The minimum Gasteiger partial charge on any atom is -0.370 e. The highest BCUT2D eigenvalue weighted by atomic mass is 16.2. The normalized spacial score (nSPS) is 11.2. The summed E-state index contributed by atoms with van der Waals surface area (Å²) >= 11 is 0. The van der Waals surface area contributed by atoms with Crippen LogP contribution < -0.4 is 15.5 Å². The van der Waals surface area contributed by atoms with Crippen LogP contribution in [0.3, 0.4) is 0 Å². The quantitative estimate of drug-likeness (QED) is 0.529. The predicted octanol–water partition coefficient (Wildman–Crippen LogP) is 1.85. The van der Waals surface area contributed by atoms with Gasteiger partial charge in [-0.1, -0.05) is 19.1 Å². The molecule has 0 aromatic heterocycles. The Hall–Kier alpha value is -2.24. The summed E-state index contributed by atoms with van der Waals surface area (Å²) < 4.78 is 0. The number of likely N-dealkylation sites (N-methyl/N-ethyl adjacent to an activating group) is 2. The highest BCUT2D eigenvalue weighted by Gasteiger charge is 2.06. The maximum absolute atomic E-state index is 11.7. The Labute approximate surface area is 152 Å². The number of nitrogens with zero attached hydrogens (tertiary/aromatic N) is 3. The van der Waals surface area contributed by atoms with Crippen LogP contribution in [0.2, 0.25) is 0 Å². The van der Waals surface area contributed by atoms with E-state index in [1.54, 1.807) is 19.0 Å². The van der Waals surface area contributed by atoms with E-state index < -0.39 is 0 Å². The van der Waals surface area contributed by atoms with Crippen molar-refractivity contribution in [2.24, 2.45) is 4.99 Å². The number of anilines is 1. The second kappa shape index (κ2) is 11.3. The van der Waals surface area contributed by atoms with E-state index in [2.05, 4.69) is 65.6 Å². The first-order chi connectivity index (χ1) is 12.0. The van der Waals surface area contributed by atoms with Gasteiger partial charge in [0, 0.05) is 46.0 Å². The number of nitrogens with one attached hydrogen (secondary N) is 2. The Morgan fingerprint density at radius 1 is 1.16 bits per heavy atom. The van der Waals surface area contributed by atoms with Crippen molar-refractivity contribution in [3.05, 3.63) is 29.8 Å². The molecule has 0 spiro atoms. The van der Waals surface area contributed by atoms with Gasteiger partial charge in [0.25, 0.3) is 0 Å². The number of rotatable bonds is 9. The zero-order chi connectivity index (χ0) is 18.7. The maximum atomic E-state index is 11.7. The van der Waals surface area contributed by atoms with Crippen molar-refractivity contribution in [2.45, 2.75) is 27.2 Å². The lowest BCUT2D eigenvalue weighted by atomic mass is 10.2. The lowest BCUT2D eigenvalue weighted by Gasteiger charge is -2.24. The zero-order valence-electron chi connectivity index (χ0n) is 16.3. The number of benzene rings is 1. The van der Waals surface area contributed by atoms with E-state index >= 15 is 0 Å². The molecule has 0 aliphatic carbocycles. The standard InChI is InChI=1S/C19H33N5O/c1-6-11-20-19(22-15-18(25)23(4)5)21-12-13-24(7-2)17-10-8-9-16(3)14-17/h8-10,14H,6-7,11-13,15H2,1-5H3,(H2,20,21,22). The Balaban J connectivity index is 2.59. The number of guanidine groups is 1. The minimum absolute atomic E-state index is 0.00690. The van der Waals surface area contributed by atoms with Gasteiger partial charge in [-0.3, -0.25) is 4.79 Å². The van der Waals surface area contributed by atoms with Crippen LogP contribution in [0.15, 0.2) is 29.3 Å². The van der Waals surface area contributed by atoms with Crippen LogP contribution in [0.25, 0.3) is 0 Å². The molecule has 25 heavy (non-hydrogen) atoms. The zero-order valence-corrected chi connectivity index (χ0v) is 16.3. The van der Waals surface area contributed by atoms with E-state index in [9.17, 15) is 4.79 Å². The number of hydrogen-bond acceptors (Lipinski definition) is 3. The summed E-state index contributed by atoms with van der Waals surface area (Å²) in [5.41, 5.74) is 2.49. The van der Waals surface area contributed by atoms with Gasteiger partial charge in [0.05, 0.1) is 0 Å². The van der Waals surface area contributed by atoms with Crippen LogP contribution in [0.5, 0.6) is 0 Å². The largest absolute Gasteiger partial charge is 0.370 e. The van der Waals surface area contributed by atoms with E-state index in [-0.39, 0.29) is 12.5 Å². The van der Waals surface area contributed by atoms with Gasteiger partial charge >= 0.3 is 0 Å². The van der Waals surface area contributed by atoms with Crippen molar-refractivity contribution in [1.82, 2.24) is 15.5 Å². The van der Waals surface area contributed by atoms with Gasteiger partial charge in [-0.05, 0) is 38.0 Å². The average Bonchev–Trinajstić information content (AvgIpc) is 2.59. The third kappa shape index (κ3) is 7.92. The number of carbonyl (C=O) groups is 1. The molecule has 0 unspecified atom stereocenters. The van der Waals surface area contributed by atoms with Crippen molar-refractivity contribution in [2.75, 3.05) is 51.7 Å². The van der Waals surface area contributed by atoms with Crippen LogP contribution in [-0.4, -0.2) is 63.6 Å². The molecule has 0 saturated carbocycles. The first-order valence-corrected chi connectivity index (χ1v) is 9.01. The number of aryl methyl sites for hydroxylation is 1. The van der Waals surface area contributed by atoms with E-state index in [1.807, 2.05) is 0 Å². The van der Waals surface area contributed by atoms with Gasteiger partial charge in [-0.2, -0.15) is 0 Å². The van der Waals surface area contributed by atoms with Gasteiger partial charge in [0.2, 0.25) is 5.91 Å². The third-order valence-electron chi connectivity index (χ3n) is 3.84. The van der Waals surface area contributed by atoms with E-state index in [4.69, 9.17) is 0 Å². The average molecular weight is 348 g/mol. The molecule has 1 amide bonds. The molecule has 2 N–H and O–H groups in total. The summed E-state index contributed by atoms with van der Waals surface area (Å²) in [4.78, 5) is 20.0. The summed E-state index contributed by atoms with van der Waals surface area (Å²) in [5.74, 6) is 0.685. The molecule has 0 aliphatic rings. The van der Waals surface area contributed by atoms with E-state index in [1.165, 1.54) is 11.3 Å². The first-order valence-electron chi connectivity index (χ1n) is 9.01. The molecule has 6 heteroatoms. The van der Waals surface area contributed by atoms with Gasteiger partial charge in [-0.25, -0.2) is 4.99 Å². The molecular formula is C19H33N5O. The lowest BCUT2D eigenvalue weighted by Crippen LogP contribution is -2.42. The van der Waals surface area contributed by atoms with Crippen LogP contribution in [-0.2, 0) is 4.79 Å². The molecule has 0 atom stereocenters. The Morgan fingerprint density at radius 3 is 2.48 bits per heavy atom. The fourth-order valence-corrected chi connectivity index (χ4v) is 2.31. The molecule has 1 aromatic carbocycles. The van der Waals surface area contributed by atoms with E-state index in [0.29, 0.717) is 5.96 Å². The predicted molar refractivity (Wildman–Crippen MR) is 106 cm³/mol. The summed E-state index contributed by atoms with van der Waals surface area (Å²) in [6.07, 6.45) is 1.01. The number of aliphatic imine (C=N–C) groups is 1. The van der Waals surface area contributed by atoms with Crippen LogP contribution in [0.1, 0.15) is 25.8 Å². The molecule has 0 fully saturated rings. The molecule has 0 bridgehead atoms. The van der Waals surface area contributed by atoms with Gasteiger partial charge in [0.1, 0.15) is 6.54 Å². The van der Waals surface area contributed by atoms with Gasteiger partial charge in [0.15, 0.2) is 5.96 Å². The first kappa shape index (κ1) is 20.8. The smallest absolute Gasteiger partial charge is 0.243 e. The molecule has 6 nitrogen and oxygen atoms in total. The van der Waals surface area contributed by atoms with Gasteiger partial charge < -0.3 is 20.4 Å². The molecule has 0 aliphatic heterocycles. The lowest BCUT2D eigenvalue weighted by molar-refractivity contribution is -0.127. The second-order valence-corrected chi connectivity index (χ2v) is 6.23. The third-order valence-corrected chi connectivity index (χ3v) is 3.84. The summed E-state index contributed by atoms with van der Waals surface area (Å²) in [5, 5.41) is 6.58. The Morgan fingerprint density at radius 2 is 1.88 bits per heavy atom. The fourth-order valence-electron chi connectivity index (χ4n) is 2.31. The van der Waals surface area contributed by atoms with Crippen molar-refractivity contribution in [3.63, 3.8) is 0 Å². The van der Waals surface area contributed by atoms with Crippen molar-refractivity contribution in [1.29, 1.82) is 0 Å². The SMILES string of the molecule is CCCNC(=NCC(=O)N(C)C)NCCN(CC)c1cccc(C)c1. The van der Waals surface area contributed by atoms with Crippen LogP contribution in [0.4, 0.5) is 5.69 Å². The topological polar surface area (TPSA) is 60.0 Å². The molecular weight excluding hydrogens is 314 g/mol. The monoisotopic (exact) mass is 347 g/mol. The Bertz CT molecular complexity index is 557. The number of amides is 1. The highest BCUT2D eigenvalue weighted by molar-refractivity contribution is 5.84. The minimum atomic E-state index is -0.00690. The van der Waals surface area contributed by atoms with Crippen LogP contribution in [0, 0.1) is 6.92 Å². The van der Waals surface area contributed by atoms with Crippen LogP contribution >= 0.6 is 0 Å². The van der Waals surface area contributed by atoms with Crippen molar-refractivity contribution in [3.8, 4) is 0 Å². The van der Waals surface area contributed by atoms with Crippen molar-refractivity contribution < 1.29 is 4.79 Å². The summed E-state index contributed by atoms with van der Waals surface area (Å²) in [6, 6.07) is 8.53. The highest BCUT2D eigenvalue weighted by Crippen LogP contribution is 2.14. The molecule has 0 heterocycles. The van der Waals surface area contributed by atoms with Gasteiger partial charge in [-0.15, -0.1) is 0 Å². The molecule has 0 saturated heterocycles. The Kier molecular flexibility index (Phi) is 9.43.